The predicted molar refractivity (Wildman–Crippen MR) is 162 cm³/mol. The van der Waals surface area contributed by atoms with E-state index in [2.05, 4.69) is 16.0 Å². The minimum Gasteiger partial charge on any atom is -0.352 e. The van der Waals surface area contributed by atoms with E-state index >= 15 is 0 Å². The quantitative estimate of drug-likeness (QED) is 0.199. The number of fused-ring (bicyclic) bond motifs is 4. The third-order valence-corrected chi connectivity index (χ3v) is 8.15. The Morgan fingerprint density at radius 1 is 0.750 bits per heavy atom. The molecule has 3 heterocycles. The molecule has 6 amide bonds. The summed E-state index contributed by atoms with van der Waals surface area (Å²) in [5.41, 5.74) is 2.17. The van der Waals surface area contributed by atoms with Crippen molar-refractivity contribution in [2.75, 3.05) is 13.1 Å². The number of carbonyl (C=O) groups excluding carboxylic acids is 6. The van der Waals surface area contributed by atoms with E-state index in [1.54, 1.807) is 4.57 Å². The molecule has 2 aliphatic heterocycles. The van der Waals surface area contributed by atoms with Crippen LogP contribution >= 0.6 is 0 Å². The maximum Gasteiger partial charge on any atom is 0.326 e. The number of hydrogen-bond donors (Lipinski definition) is 3. The highest BCUT2D eigenvalue weighted by atomic mass is 16.2. The third kappa shape index (κ3) is 5.32. The van der Waals surface area contributed by atoms with Crippen LogP contribution in [0.5, 0.6) is 0 Å². The van der Waals surface area contributed by atoms with E-state index in [-0.39, 0.29) is 41.5 Å². The summed E-state index contributed by atoms with van der Waals surface area (Å²) in [6.07, 6.45) is 3.35. The molecule has 11 nitrogen and oxygen atoms in total. The normalized spacial score (nSPS) is 16.4. The SMILES string of the molecule is O=C1CCC(N2C(=O)c3ccc(C(=O)NCCCCCCNC(=O)n4c5ccccc5c5ccccc54)cc3C2=O)C(=O)N1. The van der Waals surface area contributed by atoms with Gasteiger partial charge < -0.3 is 10.6 Å². The van der Waals surface area contributed by atoms with Crippen molar-refractivity contribution in [3.63, 3.8) is 0 Å². The molecule has 0 spiro atoms. The van der Waals surface area contributed by atoms with E-state index in [1.165, 1.54) is 18.2 Å². The Balaban J connectivity index is 0.947. The lowest BCUT2D eigenvalue weighted by atomic mass is 10.0. The largest absolute Gasteiger partial charge is 0.352 e. The van der Waals surface area contributed by atoms with E-state index in [0.717, 1.165) is 52.4 Å². The fourth-order valence-corrected chi connectivity index (χ4v) is 5.94. The summed E-state index contributed by atoms with van der Waals surface area (Å²) in [6.45, 7) is 0.961. The summed E-state index contributed by atoms with van der Waals surface area (Å²) in [4.78, 5) is 76.2. The molecule has 2 aliphatic rings. The highest BCUT2D eigenvalue weighted by molar-refractivity contribution is 6.24. The number of carbonyl (C=O) groups is 6. The van der Waals surface area contributed by atoms with Gasteiger partial charge in [-0.3, -0.25) is 38.8 Å². The van der Waals surface area contributed by atoms with E-state index in [4.69, 9.17) is 0 Å². The number of para-hydroxylation sites is 2. The van der Waals surface area contributed by atoms with E-state index < -0.39 is 29.7 Å². The number of piperidine rings is 1. The summed E-state index contributed by atoms with van der Waals surface area (Å²) < 4.78 is 1.72. The number of aromatic nitrogens is 1. The van der Waals surface area contributed by atoms with Crippen molar-refractivity contribution >= 4 is 57.4 Å². The highest BCUT2D eigenvalue weighted by Gasteiger charge is 2.44. The average Bonchev–Trinajstić information content (AvgIpc) is 3.49. The Hall–Kier alpha value is -5.32. The fourth-order valence-electron chi connectivity index (χ4n) is 5.94. The lowest BCUT2D eigenvalue weighted by molar-refractivity contribution is -0.136. The zero-order chi connectivity index (χ0) is 30.8. The Kier molecular flexibility index (Phi) is 7.93. The van der Waals surface area contributed by atoms with E-state index in [0.29, 0.717) is 13.1 Å². The third-order valence-electron chi connectivity index (χ3n) is 8.15. The molecule has 6 rings (SSSR count). The first-order valence-electron chi connectivity index (χ1n) is 14.8. The Bertz CT molecular complexity index is 1790. The molecule has 3 aromatic carbocycles. The van der Waals surface area contributed by atoms with Crippen molar-refractivity contribution in [1.82, 2.24) is 25.4 Å². The van der Waals surface area contributed by atoms with Crippen molar-refractivity contribution in [3.8, 4) is 0 Å². The molecule has 0 radical (unpaired) electrons. The zero-order valence-corrected chi connectivity index (χ0v) is 23.9. The summed E-state index contributed by atoms with van der Waals surface area (Å²) in [5.74, 6) is -2.76. The maximum absolute atomic E-state index is 13.0. The van der Waals surface area contributed by atoms with Gasteiger partial charge in [-0.05, 0) is 49.6 Å². The van der Waals surface area contributed by atoms with E-state index in [9.17, 15) is 28.8 Å². The summed E-state index contributed by atoms with van der Waals surface area (Å²) >= 11 is 0. The average molecular weight is 594 g/mol. The highest BCUT2D eigenvalue weighted by Crippen LogP contribution is 2.29. The first kappa shape index (κ1) is 28.8. The second-order valence-electron chi connectivity index (χ2n) is 11.0. The molecule has 1 fully saturated rings. The maximum atomic E-state index is 13.0. The molecule has 1 unspecified atom stereocenters. The van der Waals surface area contributed by atoms with Gasteiger partial charge in [0.1, 0.15) is 6.04 Å². The second-order valence-corrected chi connectivity index (χ2v) is 11.0. The van der Waals surface area contributed by atoms with Crippen LogP contribution in [0.1, 0.15) is 69.6 Å². The molecule has 0 bridgehead atoms. The van der Waals surface area contributed by atoms with Crippen molar-refractivity contribution in [1.29, 1.82) is 0 Å². The van der Waals surface area contributed by atoms with Crippen molar-refractivity contribution in [2.45, 2.75) is 44.6 Å². The minimum absolute atomic E-state index is 0.0365. The summed E-state index contributed by atoms with van der Waals surface area (Å²) in [5, 5.41) is 10.1. The van der Waals surface area contributed by atoms with E-state index in [1.807, 2.05) is 48.5 Å². The molecule has 1 saturated heterocycles. The minimum atomic E-state index is -1.06. The topological polar surface area (TPSA) is 147 Å². The van der Waals surface area contributed by atoms with Gasteiger partial charge in [-0.25, -0.2) is 4.79 Å². The summed E-state index contributed by atoms with van der Waals surface area (Å²) in [7, 11) is 0. The number of unbranched alkanes of at least 4 members (excludes halogenated alkanes) is 3. The van der Waals surface area contributed by atoms with Crippen molar-refractivity contribution < 1.29 is 28.8 Å². The van der Waals surface area contributed by atoms with Crippen LogP contribution in [0.3, 0.4) is 0 Å². The molecule has 0 aliphatic carbocycles. The number of nitrogens with one attached hydrogen (secondary N) is 3. The Morgan fingerprint density at radius 2 is 1.36 bits per heavy atom. The van der Waals surface area contributed by atoms with Gasteiger partial charge in [0.25, 0.3) is 17.7 Å². The van der Waals surface area contributed by atoms with Gasteiger partial charge >= 0.3 is 6.03 Å². The number of hydrogen-bond acceptors (Lipinski definition) is 6. The molecule has 224 valence electrons. The zero-order valence-electron chi connectivity index (χ0n) is 23.9. The van der Waals surface area contributed by atoms with Crippen LogP contribution in [0.4, 0.5) is 4.79 Å². The molecule has 11 heteroatoms. The first-order chi connectivity index (χ1) is 21.3. The number of benzene rings is 3. The van der Waals surface area contributed by atoms with Crippen LogP contribution in [-0.2, 0) is 9.59 Å². The van der Waals surface area contributed by atoms with Crippen LogP contribution < -0.4 is 16.0 Å². The number of rotatable bonds is 9. The van der Waals surface area contributed by atoms with Gasteiger partial charge in [-0.15, -0.1) is 0 Å². The van der Waals surface area contributed by atoms with Crippen molar-refractivity contribution in [2.24, 2.45) is 0 Å². The van der Waals surface area contributed by atoms with Crippen LogP contribution in [0.15, 0.2) is 66.7 Å². The lowest BCUT2D eigenvalue weighted by Crippen LogP contribution is -2.54. The van der Waals surface area contributed by atoms with Gasteiger partial charge in [0, 0.05) is 35.8 Å². The number of nitrogens with zero attached hydrogens (tertiary/aromatic N) is 2. The monoisotopic (exact) mass is 593 g/mol. The Morgan fingerprint density at radius 3 is 2.02 bits per heavy atom. The smallest absolute Gasteiger partial charge is 0.326 e. The number of imide groups is 2. The molecule has 4 aromatic rings. The standard InChI is InChI=1S/C33H31N5O6/c39-28-16-15-27(30(41)36-28)38-31(42)23-14-13-20(19-24(23)32(38)43)29(40)34-17-7-1-2-8-18-35-33(44)37-25-11-5-3-9-21(25)22-10-4-6-12-26(22)37/h3-6,9-14,19,27H,1-2,7-8,15-18H2,(H,34,40)(H,35,44)(H,36,39,41). The second kappa shape index (κ2) is 12.1. The van der Waals surface area contributed by atoms with Crippen LogP contribution in [0.2, 0.25) is 0 Å². The molecule has 1 atom stereocenters. The van der Waals surface area contributed by atoms with Crippen LogP contribution in [0, 0.1) is 0 Å². The van der Waals surface area contributed by atoms with Crippen LogP contribution in [-0.4, -0.2) is 64.2 Å². The van der Waals surface area contributed by atoms with Gasteiger partial charge in [0.05, 0.1) is 22.2 Å². The Labute approximate surface area is 252 Å². The lowest BCUT2D eigenvalue weighted by Gasteiger charge is -2.27. The predicted octanol–water partition coefficient (Wildman–Crippen LogP) is 3.74. The molecule has 44 heavy (non-hydrogen) atoms. The molecular formula is C33H31N5O6. The first-order valence-corrected chi connectivity index (χ1v) is 14.8. The molecule has 3 N–H and O–H groups in total. The molecule has 1 aromatic heterocycles. The molecular weight excluding hydrogens is 562 g/mol. The number of amides is 6. The van der Waals surface area contributed by atoms with Crippen molar-refractivity contribution in [3.05, 3.63) is 83.4 Å². The van der Waals surface area contributed by atoms with Gasteiger partial charge in [-0.2, -0.15) is 0 Å². The van der Waals surface area contributed by atoms with Gasteiger partial charge in [0.2, 0.25) is 11.8 Å². The van der Waals surface area contributed by atoms with Gasteiger partial charge in [0.15, 0.2) is 0 Å². The summed E-state index contributed by atoms with van der Waals surface area (Å²) in [6, 6.07) is 18.8. The van der Waals surface area contributed by atoms with Crippen LogP contribution in [0.25, 0.3) is 21.8 Å². The molecule has 0 saturated carbocycles. The van der Waals surface area contributed by atoms with Gasteiger partial charge in [-0.1, -0.05) is 49.2 Å². The fraction of sp³-hybridized carbons (Fsp3) is 0.273.